The number of nitrogens with one attached hydrogen (secondary N) is 1. The second-order valence-electron chi connectivity index (χ2n) is 6.56. The van der Waals surface area contributed by atoms with Crippen LogP contribution in [-0.4, -0.2) is 30.6 Å². The Bertz CT molecular complexity index is 1130. The molecule has 1 heterocycles. The van der Waals surface area contributed by atoms with Crippen LogP contribution in [0.5, 0.6) is 0 Å². The Labute approximate surface area is 169 Å². The van der Waals surface area contributed by atoms with E-state index in [1.165, 1.54) is 32.0 Å². The molecule has 0 spiro atoms. The predicted molar refractivity (Wildman–Crippen MR) is 99.3 cm³/mol. The Morgan fingerprint density at radius 2 is 1.79 bits per heavy atom. The smallest absolute Gasteiger partial charge is 0.322 e. The molecule has 0 unspecified atom stereocenters. The molecule has 0 fully saturated rings. The van der Waals surface area contributed by atoms with Gasteiger partial charge in [0.25, 0.3) is 21.8 Å². The number of hydrogen-bond donors (Lipinski definition) is 1. The van der Waals surface area contributed by atoms with Gasteiger partial charge in [0, 0.05) is 17.3 Å². The fourth-order valence-electron chi connectivity index (χ4n) is 2.92. The summed E-state index contributed by atoms with van der Waals surface area (Å²) in [5, 5.41) is 1.75. The fourth-order valence-corrected chi connectivity index (χ4v) is 4.94. The van der Waals surface area contributed by atoms with Crippen molar-refractivity contribution in [3.05, 3.63) is 58.1 Å². The first-order valence-corrected chi connectivity index (χ1v) is 10.1. The maximum Gasteiger partial charge on any atom is 0.417 e. The molecule has 1 aliphatic heterocycles. The zero-order chi connectivity index (χ0) is 21.7. The molecule has 3 rings (SSSR count). The predicted octanol–water partition coefficient (Wildman–Crippen LogP) is 4.16. The number of anilines is 1. The van der Waals surface area contributed by atoms with Gasteiger partial charge in [0.2, 0.25) is 0 Å². The largest absolute Gasteiger partial charge is 0.417 e. The molecular formula is C18H14ClF3N2O4S. The van der Waals surface area contributed by atoms with Crippen LogP contribution in [0.15, 0.2) is 41.3 Å². The lowest BCUT2D eigenvalue weighted by molar-refractivity contribution is -0.137. The van der Waals surface area contributed by atoms with Crippen molar-refractivity contribution in [1.82, 2.24) is 4.31 Å². The van der Waals surface area contributed by atoms with Crippen LogP contribution < -0.4 is 5.32 Å². The molecule has 1 N–H and O–H groups in total. The Hall–Kier alpha value is -2.59. The van der Waals surface area contributed by atoms with E-state index in [2.05, 4.69) is 5.32 Å². The molecule has 0 saturated heterocycles. The van der Waals surface area contributed by atoms with Crippen LogP contribution in [0.4, 0.5) is 18.9 Å². The molecule has 11 heteroatoms. The molecular weight excluding hydrogens is 433 g/mol. The lowest BCUT2D eigenvalue weighted by atomic mass is 10.1. The van der Waals surface area contributed by atoms with Gasteiger partial charge in [0.15, 0.2) is 0 Å². The number of alkyl halides is 3. The highest BCUT2D eigenvalue weighted by Crippen LogP contribution is 2.36. The van der Waals surface area contributed by atoms with Gasteiger partial charge in [0.1, 0.15) is 4.90 Å². The Morgan fingerprint density at radius 1 is 1.14 bits per heavy atom. The van der Waals surface area contributed by atoms with Crippen molar-refractivity contribution in [3.8, 4) is 0 Å². The number of sulfonamides is 1. The topological polar surface area (TPSA) is 83.6 Å². The fraction of sp³-hybridized carbons (Fsp3) is 0.222. The van der Waals surface area contributed by atoms with E-state index in [-0.39, 0.29) is 21.7 Å². The minimum Gasteiger partial charge on any atom is -0.322 e. The molecule has 0 atom stereocenters. The van der Waals surface area contributed by atoms with Crippen molar-refractivity contribution in [1.29, 1.82) is 0 Å². The third-order valence-corrected chi connectivity index (χ3v) is 6.54. The summed E-state index contributed by atoms with van der Waals surface area (Å²) >= 11 is 5.55. The van der Waals surface area contributed by atoms with E-state index in [0.717, 1.165) is 12.1 Å². The summed E-state index contributed by atoms with van der Waals surface area (Å²) in [4.78, 5) is 24.4. The molecule has 6 nitrogen and oxygen atoms in total. The maximum absolute atomic E-state index is 13.0. The van der Waals surface area contributed by atoms with E-state index < -0.39 is 44.6 Å². The van der Waals surface area contributed by atoms with Gasteiger partial charge in [-0.25, -0.2) is 12.7 Å². The van der Waals surface area contributed by atoms with Gasteiger partial charge < -0.3 is 5.32 Å². The van der Waals surface area contributed by atoms with Crippen LogP contribution in [0, 0.1) is 0 Å². The van der Waals surface area contributed by atoms with Gasteiger partial charge in [-0.3, -0.25) is 9.59 Å². The second kappa shape index (κ2) is 7.03. The average Bonchev–Trinajstić information content (AvgIpc) is 2.81. The quantitative estimate of drug-likeness (QED) is 0.767. The lowest BCUT2D eigenvalue weighted by Crippen LogP contribution is -2.36. The van der Waals surface area contributed by atoms with E-state index in [9.17, 15) is 31.2 Å². The van der Waals surface area contributed by atoms with E-state index in [1.807, 2.05) is 0 Å². The van der Waals surface area contributed by atoms with Gasteiger partial charge in [-0.05, 0) is 50.2 Å². The SMILES string of the molecule is CC(C)N1C(=O)c2ccc(C(=O)Nc3ccc(Cl)c(C(F)(F)F)c3)cc2S1(=O)=O. The van der Waals surface area contributed by atoms with Crippen LogP contribution >= 0.6 is 11.6 Å². The van der Waals surface area contributed by atoms with Crippen molar-refractivity contribution < 1.29 is 31.2 Å². The zero-order valence-electron chi connectivity index (χ0n) is 15.0. The summed E-state index contributed by atoms with van der Waals surface area (Å²) in [6.07, 6.45) is -4.71. The van der Waals surface area contributed by atoms with Crippen molar-refractivity contribution in [3.63, 3.8) is 0 Å². The van der Waals surface area contributed by atoms with Crippen LogP contribution in [0.3, 0.4) is 0 Å². The average molecular weight is 447 g/mol. The number of benzene rings is 2. The summed E-state index contributed by atoms with van der Waals surface area (Å²) in [5.41, 5.74) is -1.49. The number of carbonyl (C=O) groups is 2. The molecule has 0 saturated carbocycles. The summed E-state index contributed by atoms with van der Waals surface area (Å²) in [6.45, 7) is 3.07. The number of rotatable bonds is 3. The van der Waals surface area contributed by atoms with Crippen molar-refractivity contribution >= 4 is 39.1 Å². The summed E-state index contributed by atoms with van der Waals surface area (Å²) in [7, 11) is -4.12. The minimum atomic E-state index is -4.71. The normalized spacial score (nSPS) is 15.6. The van der Waals surface area contributed by atoms with E-state index in [0.29, 0.717) is 10.4 Å². The third kappa shape index (κ3) is 3.69. The van der Waals surface area contributed by atoms with Crippen molar-refractivity contribution in [2.45, 2.75) is 31.0 Å². The molecule has 29 heavy (non-hydrogen) atoms. The molecule has 0 aromatic heterocycles. The van der Waals surface area contributed by atoms with E-state index in [1.54, 1.807) is 0 Å². The van der Waals surface area contributed by atoms with Crippen LogP contribution in [0.1, 0.15) is 40.1 Å². The molecule has 2 amide bonds. The third-order valence-electron chi connectivity index (χ3n) is 4.21. The van der Waals surface area contributed by atoms with Crippen LogP contribution in [-0.2, 0) is 16.2 Å². The van der Waals surface area contributed by atoms with E-state index in [4.69, 9.17) is 11.6 Å². The second-order valence-corrected chi connectivity index (χ2v) is 8.75. The van der Waals surface area contributed by atoms with E-state index >= 15 is 0 Å². The van der Waals surface area contributed by atoms with Gasteiger partial charge in [0.05, 0.1) is 16.1 Å². The van der Waals surface area contributed by atoms with Crippen molar-refractivity contribution in [2.24, 2.45) is 0 Å². The number of halogens is 4. The zero-order valence-corrected chi connectivity index (χ0v) is 16.6. The molecule has 0 aliphatic carbocycles. The van der Waals surface area contributed by atoms with Gasteiger partial charge in [-0.1, -0.05) is 11.6 Å². The first-order valence-electron chi connectivity index (χ1n) is 8.25. The number of nitrogens with zero attached hydrogens (tertiary/aromatic N) is 1. The van der Waals surface area contributed by atoms with Crippen LogP contribution in [0.2, 0.25) is 5.02 Å². The Morgan fingerprint density at radius 3 is 2.38 bits per heavy atom. The maximum atomic E-state index is 13.0. The van der Waals surface area contributed by atoms with Gasteiger partial charge >= 0.3 is 6.18 Å². The monoisotopic (exact) mass is 446 g/mol. The standard InChI is InChI=1S/C18H14ClF3N2O4S/c1-9(2)24-17(26)12-5-3-10(7-15(12)29(24,27)28)16(25)23-11-4-6-14(19)13(8-11)18(20,21)22/h3-9H,1-2H3,(H,23,25). The first kappa shape index (κ1) is 21.1. The highest BCUT2D eigenvalue weighted by molar-refractivity contribution is 7.90. The summed E-state index contributed by atoms with van der Waals surface area (Å²) in [6, 6.07) is 5.69. The number of amides is 2. The van der Waals surface area contributed by atoms with Gasteiger partial charge in [-0.15, -0.1) is 0 Å². The van der Waals surface area contributed by atoms with Crippen molar-refractivity contribution in [2.75, 3.05) is 5.32 Å². The molecule has 0 radical (unpaired) electrons. The first-order chi connectivity index (χ1) is 13.3. The minimum absolute atomic E-state index is 0.0684. The highest BCUT2D eigenvalue weighted by Gasteiger charge is 2.43. The molecule has 154 valence electrons. The molecule has 2 aromatic carbocycles. The summed E-state index contributed by atoms with van der Waals surface area (Å²) < 4.78 is 64.8. The Kier molecular flexibility index (Phi) is 5.12. The van der Waals surface area contributed by atoms with Crippen LogP contribution in [0.25, 0.3) is 0 Å². The molecule has 0 bridgehead atoms. The molecule has 2 aromatic rings. The lowest BCUT2D eigenvalue weighted by Gasteiger charge is -2.18. The van der Waals surface area contributed by atoms with Gasteiger partial charge in [-0.2, -0.15) is 13.2 Å². The number of carbonyl (C=O) groups excluding carboxylic acids is 2. The number of hydrogen-bond acceptors (Lipinski definition) is 4. The highest BCUT2D eigenvalue weighted by atomic mass is 35.5. The Balaban J connectivity index is 1.94. The number of fused-ring (bicyclic) bond motifs is 1. The molecule has 1 aliphatic rings. The summed E-state index contributed by atoms with van der Waals surface area (Å²) in [5.74, 6) is -1.54.